The van der Waals surface area contributed by atoms with Gasteiger partial charge in [0.2, 0.25) is 0 Å². The van der Waals surface area contributed by atoms with E-state index in [2.05, 4.69) is 4.74 Å². The van der Waals surface area contributed by atoms with Gasteiger partial charge in [-0.05, 0) is 0 Å². The summed E-state index contributed by atoms with van der Waals surface area (Å²) in [6.45, 7) is 0. The quantitative estimate of drug-likeness (QED) is 0.388. The Balaban J connectivity index is 2.30. The van der Waals surface area contributed by atoms with E-state index in [9.17, 15) is 9.59 Å². The summed E-state index contributed by atoms with van der Waals surface area (Å²) in [6, 6.07) is 0. The fraction of sp³-hybridized carbons (Fsp3) is 0.556. The number of carbonyl (C=O) groups is 2. The molecule has 3 rings (SSSR count). The lowest BCUT2D eigenvalue weighted by Crippen LogP contribution is -2.38. The lowest BCUT2D eigenvalue weighted by atomic mass is 9.84. The zero-order valence-corrected chi connectivity index (χ0v) is 11.6. The van der Waals surface area contributed by atoms with E-state index in [-0.39, 0.29) is 10.1 Å². The largest absolute Gasteiger partial charge is 0.393 e. The maximum atomic E-state index is 11.6. The molecule has 0 radical (unpaired) electrons. The van der Waals surface area contributed by atoms with Crippen LogP contribution in [-0.4, -0.2) is 27.1 Å². The van der Waals surface area contributed by atoms with Crippen LogP contribution in [-0.2, 0) is 14.3 Å². The van der Waals surface area contributed by atoms with Crippen LogP contribution in [0.1, 0.15) is 0 Å². The highest BCUT2D eigenvalue weighted by molar-refractivity contribution is 6.56. The molecule has 0 N–H and O–H groups in total. The highest BCUT2D eigenvalue weighted by Crippen LogP contribution is 2.71. The van der Waals surface area contributed by atoms with Crippen LogP contribution in [0.3, 0.4) is 0 Å². The molecule has 3 aliphatic rings. The van der Waals surface area contributed by atoms with E-state index in [1.165, 1.54) is 0 Å². The molecule has 3 nitrogen and oxygen atoms in total. The Morgan fingerprint density at radius 2 is 1.29 bits per heavy atom. The molecule has 1 saturated heterocycles. The molecule has 92 valence electrons. The van der Waals surface area contributed by atoms with Crippen molar-refractivity contribution in [3.05, 3.63) is 10.1 Å². The van der Waals surface area contributed by atoms with Crippen LogP contribution >= 0.6 is 58.0 Å². The first-order valence-corrected chi connectivity index (χ1v) is 6.55. The molecule has 1 saturated carbocycles. The molecule has 8 heteroatoms. The van der Waals surface area contributed by atoms with Gasteiger partial charge in [0, 0.05) is 0 Å². The third-order valence-corrected chi connectivity index (χ3v) is 7.04. The molecule has 2 fully saturated rings. The first-order chi connectivity index (χ1) is 7.77. The van der Waals surface area contributed by atoms with Crippen LogP contribution in [0.2, 0.25) is 0 Å². The van der Waals surface area contributed by atoms with E-state index >= 15 is 0 Å². The molecule has 0 aromatic rings. The summed E-state index contributed by atoms with van der Waals surface area (Å²) in [5, 5.41) is -0.905. The van der Waals surface area contributed by atoms with Gasteiger partial charge < -0.3 is 4.74 Å². The highest BCUT2D eigenvalue weighted by atomic mass is 35.5. The molecule has 4 unspecified atom stereocenters. The first-order valence-electron chi connectivity index (χ1n) is 4.61. The minimum atomic E-state index is -1.46. The van der Waals surface area contributed by atoms with Gasteiger partial charge in [0.25, 0.3) is 0 Å². The molecular formula is C9H3Cl5O3. The van der Waals surface area contributed by atoms with Gasteiger partial charge in [0.15, 0.2) is 0 Å². The second-order valence-corrected chi connectivity index (χ2v) is 6.67. The van der Waals surface area contributed by atoms with Gasteiger partial charge >= 0.3 is 11.9 Å². The molecule has 1 heterocycles. The number of fused-ring (bicyclic) bond motifs is 5. The van der Waals surface area contributed by atoms with Crippen LogP contribution in [0, 0.1) is 11.8 Å². The Morgan fingerprint density at radius 1 is 0.941 bits per heavy atom. The van der Waals surface area contributed by atoms with Gasteiger partial charge in [-0.25, -0.2) is 0 Å². The van der Waals surface area contributed by atoms with Gasteiger partial charge in [0.05, 0.1) is 27.3 Å². The number of ether oxygens (including phenoxy) is 1. The molecule has 0 aromatic heterocycles. The van der Waals surface area contributed by atoms with Crippen LogP contribution in [0.15, 0.2) is 10.1 Å². The maximum absolute atomic E-state index is 11.6. The van der Waals surface area contributed by atoms with Gasteiger partial charge in [-0.15, -0.1) is 34.8 Å². The van der Waals surface area contributed by atoms with E-state index in [1.54, 1.807) is 0 Å². The average Bonchev–Trinajstić information content (AvgIpc) is 2.71. The predicted octanol–water partition coefficient (Wildman–Crippen LogP) is 2.58. The summed E-state index contributed by atoms with van der Waals surface area (Å²) in [4.78, 5) is 20.3. The zero-order valence-electron chi connectivity index (χ0n) is 7.85. The van der Waals surface area contributed by atoms with Crippen LogP contribution in [0.25, 0.3) is 0 Å². The number of cyclic esters (lactones) is 2. The van der Waals surface area contributed by atoms with Crippen LogP contribution in [0.5, 0.6) is 0 Å². The summed E-state index contributed by atoms with van der Waals surface area (Å²) in [5.74, 6) is -3.48. The van der Waals surface area contributed by atoms with E-state index in [0.29, 0.717) is 0 Å². The van der Waals surface area contributed by atoms with Crippen molar-refractivity contribution < 1.29 is 14.3 Å². The number of hydrogen-bond donors (Lipinski definition) is 0. The standard InChI is InChI=1S/C9H3Cl5O3/c10-3-4(11)9(14)2-1(5(15)17-6(2)16)8(3,13)7(9)12/h1-2,7H. The van der Waals surface area contributed by atoms with E-state index in [4.69, 9.17) is 58.0 Å². The Hall–Kier alpha value is 0.330. The van der Waals surface area contributed by atoms with Gasteiger partial charge in [-0.3, -0.25) is 9.59 Å². The third kappa shape index (κ3) is 1.06. The molecule has 17 heavy (non-hydrogen) atoms. The fourth-order valence-corrected chi connectivity index (χ4v) is 5.26. The molecule has 0 aromatic carbocycles. The van der Waals surface area contributed by atoms with E-state index < -0.39 is 38.9 Å². The SMILES string of the molecule is O=C1OC(=O)C2C1C1(Cl)C(Cl)=C(Cl)C2(Cl)C1Cl. The number of hydrogen-bond acceptors (Lipinski definition) is 3. The number of halogens is 5. The highest BCUT2D eigenvalue weighted by Gasteiger charge is 2.81. The maximum Gasteiger partial charge on any atom is 0.319 e. The summed E-state index contributed by atoms with van der Waals surface area (Å²) in [6.07, 6.45) is 0. The first kappa shape index (κ1) is 12.4. The predicted molar refractivity (Wildman–Crippen MR) is 63.6 cm³/mol. The average molecular weight is 336 g/mol. The van der Waals surface area contributed by atoms with E-state index in [1.807, 2.05) is 0 Å². The topological polar surface area (TPSA) is 43.4 Å². The number of allylic oxidation sites excluding steroid dienone is 2. The molecule has 0 amide bonds. The van der Waals surface area contributed by atoms with Crippen molar-refractivity contribution in [3.8, 4) is 0 Å². The lowest BCUT2D eigenvalue weighted by Gasteiger charge is -2.27. The summed E-state index contributed by atoms with van der Waals surface area (Å²) in [5.41, 5.74) is 0. The Bertz CT molecular complexity index is 461. The van der Waals surface area contributed by atoms with Crippen molar-refractivity contribution in [1.29, 1.82) is 0 Å². The fourth-order valence-electron chi connectivity index (χ4n) is 2.78. The summed E-state index contributed by atoms with van der Waals surface area (Å²) in [7, 11) is 0. The van der Waals surface area contributed by atoms with Crippen molar-refractivity contribution in [2.75, 3.05) is 0 Å². The van der Waals surface area contributed by atoms with Gasteiger partial charge in [-0.2, -0.15) is 0 Å². The Kier molecular flexibility index (Phi) is 2.37. The second kappa shape index (κ2) is 3.26. The second-order valence-electron chi connectivity index (χ2n) is 4.22. The zero-order chi connectivity index (χ0) is 12.7. The van der Waals surface area contributed by atoms with E-state index in [0.717, 1.165) is 0 Å². The smallest absolute Gasteiger partial charge is 0.319 e. The monoisotopic (exact) mass is 334 g/mol. The molecular weight excluding hydrogens is 333 g/mol. The Morgan fingerprint density at radius 3 is 1.65 bits per heavy atom. The van der Waals surface area contributed by atoms with Crippen molar-refractivity contribution in [2.45, 2.75) is 15.1 Å². The van der Waals surface area contributed by atoms with Crippen molar-refractivity contribution in [1.82, 2.24) is 0 Å². The molecule has 4 atom stereocenters. The summed E-state index contributed by atoms with van der Waals surface area (Å²) >= 11 is 30.7. The van der Waals surface area contributed by atoms with Crippen molar-refractivity contribution in [2.24, 2.45) is 11.8 Å². The van der Waals surface area contributed by atoms with Crippen LogP contribution in [0.4, 0.5) is 0 Å². The van der Waals surface area contributed by atoms with Crippen molar-refractivity contribution >= 4 is 69.9 Å². The normalized spacial score (nSPS) is 52.2. The third-order valence-electron chi connectivity index (χ3n) is 3.55. The number of esters is 2. The number of alkyl halides is 3. The number of rotatable bonds is 0. The summed E-state index contributed by atoms with van der Waals surface area (Å²) < 4.78 is 4.54. The minimum absolute atomic E-state index is 0.0173. The molecule has 1 aliphatic heterocycles. The minimum Gasteiger partial charge on any atom is -0.393 e. The molecule has 0 spiro atoms. The van der Waals surface area contributed by atoms with Gasteiger partial charge in [0.1, 0.15) is 9.75 Å². The van der Waals surface area contributed by atoms with Gasteiger partial charge in [-0.1, -0.05) is 23.2 Å². The molecule has 2 bridgehead atoms. The number of carbonyl (C=O) groups excluding carboxylic acids is 2. The van der Waals surface area contributed by atoms with Crippen LogP contribution < -0.4 is 0 Å². The Labute approximate surface area is 121 Å². The van der Waals surface area contributed by atoms with Crippen molar-refractivity contribution in [3.63, 3.8) is 0 Å². The molecule has 2 aliphatic carbocycles. The lowest BCUT2D eigenvalue weighted by molar-refractivity contribution is -0.154.